The summed E-state index contributed by atoms with van der Waals surface area (Å²) < 4.78 is 11.4. The van der Waals surface area contributed by atoms with E-state index in [1.807, 2.05) is 0 Å². The van der Waals surface area contributed by atoms with E-state index in [0.717, 1.165) is 38.5 Å². The van der Waals surface area contributed by atoms with Crippen molar-refractivity contribution in [1.29, 1.82) is 0 Å². The summed E-state index contributed by atoms with van der Waals surface area (Å²) in [5.41, 5.74) is 0. The molecule has 9 heteroatoms. The second kappa shape index (κ2) is 57.2. The van der Waals surface area contributed by atoms with Gasteiger partial charge >= 0.3 is 0 Å². The third-order valence-corrected chi connectivity index (χ3v) is 16.6. The van der Waals surface area contributed by atoms with Crippen LogP contribution in [0, 0.1) is 0 Å². The number of nitrogens with one attached hydrogen (secondary N) is 1. The number of amides is 1. The zero-order valence-electron chi connectivity index (χ0n) is 50.5. The summed E-state index contributed by atoms with van der Waals surface area (Å²) in [6.45, 7) is 3.89. The Balaban J connectivity index is 2.06. The number of aliphatic hydroxyl groups excluding tert-OH is 5. The summed E-state index contributed by atoms with van der Waals surface area (Å²) in [5, 5.41) is 54.8. The van der Waals surface area contributed by atoms with Crippen molar-refractivity contribution in [3.05, 3.63) is 12.2 Å². The largest absolute Gasteiger partial charge is 0.394 e. The van der Waals surface area contributed by atoms with Gasteiger partial charge in [0.2, 0.25) is 5.91 Å². The molecule has 7 unspecified atom stereocenters. The summed E-state index contributed by atoms with van der Waals surface area (Å²) in [5.74, 6) is -0.135. The van der Waals surface area contributed by atoms with E-state index in [4.69, 9.17) is 9.47 Å². The molecule has 7 atom stereocenters. The number of unbranched alkanes of at least 4 members (excludes halogenated alkanes) is 48. The van der Waals surface area contributed by atoms with Crippen LogP contribution in [0.5, 0.6) is 0 Å². The first-order valence-electron chi connectivity index (χ1n) is 33.9. The van der Waals surface area contributed by atoms with Gasteiger partial charge in [-0.2, -0.15) is 0 Å². The molecule has 0 aromatic rings. The van der Waals surface area contributed by atoms with Crippen LogP contribution in [0.3, 0.4) is 0 Å². The molecule has 0 saturated carbocycles. The van der Waals surface area contributed by atoms with Gasteiger partial charge in [-0.05, 0) is 38.5 Å². The first kappa shape index (κ1) is 72.9. The molecule has 1 heterocycles. The Morgan fingerprint density at radius 3 is 1.07 bits per heavy atom. The molecular formula is C67H131NO8. The van der Waals surface area contributed by atoms with Gasteiger partial charge in [-0.3, -0.25) is 4.79 Å². The van der Waals surface area contributed by atoms with Crippen molar-refractivity contribution in [1.82, 2.24) is 5.32 Å². The molecule has 1 amide bonds. The van der Waals surface area contributed by atoms with Gasteiger partial charge in [0.25, 0.3) is 0 Å². The normalized spacial score (nSPS) is 18.8. The highest BCUT2D eigenvalue weighted by Crippen LogP contribution is 2.24. The van der Waals surface area contributed by atoms with Crippen LogP contribution in [-0.2, 0) is 14.3 Å². The van der Waals surface area contributed by atoms with Crippen molar-refractivity contribution in [2.75, 3.05) is 13.2 Å². The van der Waals surface area contributed by atoms with E-state index in [1.54, 1.807) is 0 Å². The van der Waals surface area contributed by atoms with Gasteiger partial charge in [-0.25, -0.2) is 0 Å². The molecule has 0 bridgehead atoms. The maximum absolute atomic E-state index is 13.1. The maximum atomic E-state index is 13.1. The Labute approximate surface area is 471 Å². The average molecular weight is 1080 g/mol. The minimum Gasteiger partial charge on any atom is -0.394 e. The van der Waals surface area contributed by atoms with E-state index < -0.39 is 49.5 Å². The summed E-state index contributed by atoms with van der Waals surface area (Å²) in [4.78, 5) is 13.1. The molecule has 1 fully saturated rings. The summed E-state index contributed by atoms with van der Waals surface area (Å²) in [7, 11) is 0. The smallest absolute Gasteiger partial charge is 0.220 e. The Hall–Kier alpha value is -1.07. The van der Waals surface area contributed by atoms with Crippen LogP contribution in [0.4, 0.5) is 0 Å². The molecule has 1 saturated heterocycles. The van der Waals surface area contributed by atoms with Crippen molar-refractivity contribution < 1.29 is 39.8 Å². The second-order valence-electron chi connectivity index (χ2n) is 24.0. The zero-order valence-corrected chi connectivity index (χ0v) is 50.5. The summed E-state index contributed by atoms with van der Waals surface area (Å²) >= 11 is 0. The fourth-order valence-electron chi connectivity index (χ4n) is 11.3. The van der Waals surface area contributed by atoms with Crippen LogP contribution in [0.1, 0.15) is 354 Å². The number of hydrogen-bond donors (Lipinski definition) is 6. The highest BCUT2D eigenvalue weighted by molar-refractivity contribution is 5.76. The number of aliphatic hydroxyl groups is 5. The topological polar surface area (TPSA) is 149 Å². The lowest BCUT2D eigenvalue weighted by atomic mass is 9.99. The van der Waals surface area contributed by atoms with Gasteiger partial charge in [0.1, 0.15) is 24.4 Å². The fourth-order valence-corrected chi connectivity index (χ4v) is 11.3. The van der Waals surface area contributed by atoms with E-state index in [-0.39, 0.29) is 12.5 Å². The molecule has 76 heavy (non-hydrogen) atoms. The van der Waals surface area contributed by atoms with Crippen molar-refractivity contribution >= 4 is 5.91 Å². The molecule has 0 aromatic heterocycles. The molecule has 0 aromatic carbocycles. The molecule has 0 radical (unpaired) electrons. The number of hydrogen-bond acceptors (Lipinski definition) is 8. The molecule has 9 nitrogen and oxygen atoms in total. The predicted molar refractivity (Wildman–Crippen MR) is 323 cm³/mol. The van der Waals surface area contributed by atoms with E-state index in [9.17, 15) is 30.3 Å². The van der Waals surface area contributed by atoms with Crippen LogP contribution >= 0.6 is 0 Å². The van der Waals surface area contributed by atoms with Crippen LogP contribution in [-0.4, -0.2) is 87.5 Å². The van der Waals surface area contributed by atoms with Crippen LogP contribution < -0.4 is 5.32 Å². The van der Waals surface area contributed by atoms with E-state index in [0.29, 0.717) is 12.8 Å². The summed E-state index contributed by atoms with van der Waals surface area (Å²) in [6.07, 6.45) is 65.7. The van der Waals surface area contributed by atoms with Gasteiger partial charge in [0.15, 0.2) is 6.29 Å². The minimum atomic E-state index is -1.55. The first-order chi connectivity index (χ1) is 37.3. The van der Waals surface area contributed by atoms with Gasteiger partial charge < -0.3 is 40.3 Å². The van der Waals surface area contributed by atoms with E-state index in [1.165, 1.54) is 289 Å². The van der Waals surface area contributed by atoms with Crippen molar-refractivity contribution in [2.24, 2.45) is 0 Å². The molecule has 452 valence electrons. The molecule has 1 aliphatic rings. The number of rotatable bonds is 60. The molecule has 0 aliphatic carbocycles. The quantitative estimate of drug-likeness (QED) is 0.0261. The van der Waals surface area contributed by atoms with Gasteiger partial charge in [0, 0.05) is 6.42 Å². The Kier molecular flexibility index (Phi) is 54.9. The Morgan fingerprint density at radius 1 is 0.434 bits per heavy atom. The predicted octanol–water partition coefficient (Wildman–Crippen LogP) is 17.9. The Bertz CT molecular complexity index is 1200. The van der Waals surface area contributed by atoms with Crippen LogP contribution in [0.15, 0.2) is 12.2 Å². The van der Waals surface area contributed by atoms with Crippen LogP contribution in [0.25, 0.3) is 0 Å². The molecule has 1 aliphatic heterocycles. The highest BCUT2D eigenvalue weighted by Gasteiger charge is 2.44. The van der Waals surface area contributed by atoms with E-state index >= 15 is 0 Å². The monoisotopic (exact) mass is 1080 g/mol. The fraction of sp³-hybridized carbons (Fsp3) is 0.955. The number of ether oxygens (including phenoxy) is 2. The van der Waals surface area contributed by atoms with Crippen LogP contribution in [0.2, 0.25) is 0 Å². The van der Waals surface area contributed by atoms with Gasteiger partial charge in [-0.1, -0.05) is 321 Å². The Morgan fingerprint density at radius 2 is 0.737 bits per heavy atom. The second-order valence-corrected chi connectivity index (χ2v) is 24.0. The SMILES string of the molecule is CCCCCCCCCC/C=C\CCCCCCCCCCCCCCCCCCCCCCCCCC(=O)NC(COC1OC(CO)C(O)C(O)C1O)C(O)CCCCCCCCCCCCCCCCCCCC. The minimum absolute atomic E-state index is 0.132. The lowest BCUT2D eigenvalue weighted by Crippen LogP contribution is -2.60. The number of allylic oxidation sites excluding steroid dienone is 2. The van der Waals surface area contributed by atoms with Gasteiger partial charge in [0.05, 0.1) is 25.4 Å². The number of carbonyl (C=O) groups is 1. The third-order valence-electron chi connectivity index (χ3n) is 16.6. The standard InChI is InChI=1S/C67H131NO8/c1-3-5-7-9-11-13-15-17-19-21-23-24-25-26-27-28-29-30-31-32-33-34-35-36-37-38-39-41-43-45-47-49-51-53-55-57-63(71)68-60(59-75-67-66(74)65(73)64(72)62(58-69)76-67)61(70)56-54-52-50-48-46-44-42-40-22-20-18-16-14-12-10-8-6-4-2/h21,23,60-62,64-67,69-70,72-74H,3-20,22,24-59H2,1-2H3,(H,68,71)/b23-21-. The third kappa shape index (κ3) is 45.6. The average Bonchev–Trinajstić information content (AvgIpc) is 3.42. The van der Waals surface area contributed by atoms with Crippen molar-refractivity contribution in [2.45, 2.75) is 397 Å². The molecular weight excluding hydrogens is 947 g/mol. The van der Waals surface area contributed by atoms with Crippen molar-refractivity contribution in [3.8, 4) is 0 Å². The summed E-state index contributed by atoms with van der Waals surface area (Å²) in [6, 6.07) is -0.715. The highest BCUT2D eigenvalue weighted by atomic mass is 16.7. The molecule has 6 N–H and O–H groups in total. The van der Waals surface area contributed by atoms with Crippen molar-refractivity contribution in [3.63, 3.8) is 0 Å². The lowest BCUT2D eigenvalue weighted by molar-refractivity contribution is -0.302. The first-order valence-corrected chi connectivity index (χ1v) is 33.9. The maximum Gasteiger partial charge on any atom is 0.220 e. The number of carbonyl (C=O) groups excluding carboxylic acids is 1. The lowest BCUT2D eigenvalue weighted by Gasteiger charge is -2.40. The zero-order chi connectivity index (χ0) is 55.0. The molecule has 1 rings (SSSR count). The molecule has 0 spiro atoms. The van der Waals surface area contributed by atoms with Gasteiger partial charge in [-0.15, -0.1) is 0 Å². The van der Waals surface area contributed by atoms with E-state index in [2.05, 4.69) is 31.3 Å².